The molecule has 3 aromatic carbocycles. The van der Waals surface area contributed by atoms with E-state index in [1.165, 1.54) is 18.9 Å². The second-order valence-corrected chi connectivity index (χ2v) is 8.90. The number of fused-ring (bicyclic) bond motifs is 4. The number of carbonyl (C=O) groups excluding carboxylic acids is 3. The number of esters is 1. The number of nitrogens with one attached hydrogen (secondary N) is 2. The van der Waals surface area contributed by atoms with E-state index in [1.54, 1.807) is 18.2 Å². The molecule has 0 aliphatic carbocycles. The lowest BCUT2D eigenvalue weighted by atomic mass is 10.1. The minimum absolute atomic E-state index is 0.146. The highest BCUT2D eigenvalue weighted by Crippen LogP contribution is 2.37. The van der Waals surface area contributed by atoms with Crippen LogP contribution in [0.2, 0.25) is 0 Å². The van der Waals surface area contributed by atoms with Crippen molar-refractivity contribution >= 4 is 62.9 Å². The highest BCUT2D eigenvalue weighted by molar-refractivity contribution is 8.01. The number of thioether (sulfide) groups is 1. The predicted octanol–water partition coefficient (Wildman–Crippen LogP) is 4.58. The summed E-state index contributed by atoms with van der Waals surface area (Å²) in [6.45, 7) is -0.490. The maximum Gasteiger partial charge on any atom is 0.307 e. The molecule has 172 valence electrons. The van der Waals surface area contributed by atoms with E-state index in [4.69, 9.17) is 13.9 Å². The molecule has 0 bridgehead atoms. The molecule has 8 nitrogen and oxygen atoms in total. The number of benzene rings is 3. The summed E-state index contributed by atoms with van der Waals surface area (Å²) in [5.41, 5.74) is 2.44. The van der Waals surface area contributed by atoms with Gasteiger partial charge in [-0.15, -0.1) is 11.8 Å². The molecule has 0 unspecified atom stereocenters. The Hall–Kier alpha value is -3.98. The van der Waals surface area contributed by atoms with Crippen molar-refractivity contribution < 1.29 is 28.3 Å². The van der Waals surface area contributed by atoms with E-state index in [1.807, 2.05) is 42.5 Å². The van der Waals surface area contributed by atoms with Crippen LogP contribution in [0, 0.1) is 0 Å². The summed E-state index contributed by atoms with van der Waals surface area (Å²) in [5, 5.41) is 6.65. The van der Waals surface area contributed by atoms with Gasteiger partial charge in [0.1, 0.15) is 16.9 Å². The van der Waals surface area contributed by atoms with Crippen LogP contribution in [0.3, 0.4) is 0 Å². The summed E-state index contributed by atoms with van der Waals surface area (Å²) in [5.74, 6) is -0.989. The van der Waals surface area contributed by atoms with Gasteiger partial charge >= 0.3 is 5.97 Å². The fraction of sp³-hybridized carbons (Fsp3) is 0.160. The van der Waals surface area contributed by atoms with Crippen molar-refractivity contribution in [2.75, 3.05) is 24.4 Å². The average molecular weight is 477 g/mol. The number of hydrogen-bond donors (Lipinski definition) is 2. The molecular formula is C25H20N2O6S. The Morgan fingerprint density at radius 1 is 1.06 bits per heavy atom. The highest BCUT2D eigenvalue weighted by Gasteiger charge is 2.29. The molecule has 0 fully saturated rings. The average Bonchev–Trinajstić information content (AvgIpc) is 3.20. The largest absolute Gasteiger partial charge is 0.495 e. The lowest BCUT2D eigenvalue weighted by Crippen LogP contribution is -2.32. The Morgan fingerprint density at radius 3 is 2.71 bits per heavy atom. The number of ether oxygens (including phenoxy) is 2. The van der Waals surface area contributed by atoms with Crippen LogP contribution >= 0.6 is 11.8 Å². The molecule has 2 heterocycles. The molecule has 1 aromatic heterocycles. The van der Waals surface area contributed by atoms with Crippen LogP contribution in [0.5, 0.6) is 5.75 Å². The molecule has 34 heavy (non-hydrogen) atoms. The van der Waals surface area contributed by atoms with Gasteiger partial charge in [-0.25, -0.2) is 0 Å². The third-order valence-electron chi connectivity index (χ3n) is 5.40. The standard InChI is InChI=1S/C25H20N2O6S/c1-31-20-10-15-14-6-2-4-8-18(14)33-19(15)11-17(20)26-23(28)13-32-24(29)12-22-25(30)27-16-7-3-5-9-21(16)34-22/h2-11,22H,12-13H2,1H3,(H,26,28)(H,27,30)/t22-/m1/s1. The Morgan fingerprint density at radius 2 is 1.85 bits per heavy atom. The fourth-order valence-electron chi connectivity index (χ4n) is 3.79. The van der Waals surface area contributed by atoms with Crippen LogP contribution in [-0.4, -0.2) is 36.8 Å². The van der Waals surface area contributed by atoms with Crippen LogP contribution in [-0.2, 0) is 19.1 Å². The van der Waals surface area contributed by atoms with Crippen LogP contribution in [0.15, 0.2) is 70.0 Å². The number of amides is 2. The van der Waals surface area contributed by atoms with Gasteiger partial charge in [-0.3, -0.25) is 14.4 Å². The zero-order chi connectivity index (χ0) is 23.7. The van der Waals surface area contributed by atoms with E-state index in [-0.39, 0.29) is 12.3 Å². The van der Waals surface area contributed by atoms with Crippen molar-refractivity contribution in [3.05, 3.63) is 60.7 Å². The molecule has 2 amide bonds. The topological polar surface area (TPSA) is 107 Å². The zero-order valence-corrected chi connectivity index (χ0v) is 18.9. The maximum atomic E-state index is 12.5. The first kappa shape index (κ1) is 21.8. The summed E-state index contributed by atoms with van der Waals surface area (Å²) >= 11 is 1.30. The van der Waals surface area contributed by atoms with Gasteiger partial charge in [-0.05, 0) is 24.3 Å². The van der Waals surface area contributed by atoms with Gasteiger partial charge in [0, 0.05) is 21.7 Å². The quantitative estimate of drug-likeness (QED) is 0.392. The Labute approximate surface area is 198 Å². The van der Waals surface area contributed by atoms with Crippen LogP contribution in [0.1, 0.15) is 6.42 Å². The number of furan rings is 1. The van der Waals surface area contributed by atoms with Crippen molar-refractivity contribution in [3.8, 4) is 5.75 Å². The number of methoxy groups -OCH3 is 1. The third kappa shape index (κ3) is 4.29. The normalized spacial score (nSPS) is 15.0. The summed E-state index contributed by atoms with van der Waals surface area (Å²) in [4.78, 5) is 37.9. The zero-order valence-electron chi connectivity index (χ0n) is 18.1. The molecule has 5 rings (SSSR count). The van der Waals surface area contributed by atoms with Gasteiger partial charge < -0.3 is 24.5 Å². The molecule has 0 saturated carbocycles. The first-order valence-corrected chi connectivity index (χ1v) is 11.4. The van der Waals surface area contributed by atoms with Gasteiger partial charge in [0.05, 0.1) is 30.2 Å². The molecule has 0 saturated heterocycles. The number of carbonyl (C=O) groups is 3. The van der Waals surface area contributed by atoms with E-state index >= 15 is 0 Å². The number of rotatable bonds is 6. The van der Waals surface area contributed by atoms with Crippen molar-refractivity contribution in [1.82, 2.24) is 0 Å². The molecule has 2 N–H and O–H groups in total. The van der Waals surface area contributed by atoms with Crippen molar-refractivity contribution in [1.29, 1.82) is 0 Å². The number of para-hydroxylation sites is 2. The van der Waals surface area contributed by atoms with Crippen molar-refractivity contribution in [2.24, 2.45) is 0 Å². The van der Waals surface area contributed by atoms with E-state index in [2.05, 4.69) is 10.6 Å². The molecule has 1 aliphatic rings. The van der Waals surface area contributed by atoms with E-state index in [0.29, 0.717) is 17.0 Å². The van der Waals surface area contributed by atoms with Gasteiger partial charge in [0.25, 0.3) is 5.91 Å². The van der Waals surface area contributed by atoms with Crippen LogP contribution < -0.4 is 15.4 Å². The lowest BCUT2D eigenvalue weighted by molar-refractivity contribution is -0.147. The van der Waals surface area contributed by atoms with Gasteiger partial charge in [-0.2, -0.15) is 0 Å². The second kappa shape index (κ2) is 9.11. The Balaban J connectivity index is 1.22. The van der Waals surface area contributed by atoms with E-state index in [0.717, 1.165) is 26.9 Å². The van der Waals surface area contributed by atoms with Gasteiger partial charge in [0.15, 0.2) is 6.61 Å². The van der Waals surface area contributed by atoms with Crippen LogP contribution in [0.25, 0.3) is 21.9 Å². The lowest BCUT2D eigenvalue weighted by Gasteiger charge is -2.23. The third-order valence-corrected chi connectivity index (χ3v) is 6.67. The van der Waals surface area contributed by atoms with Crippen molar-refractivity contribution in [2.45, 2.75) is 16.6 Å². The summed E-state index contributed by atoms with van der Waals surface area (Å²) < 4.78 is 16.4. The summed E-state index contributed by atoms with van der Waals surface area (Å²) in [7, 11) is 1.50. The van der Waals surface area contributed by atoms with Gasteiger partial charge in [-0.1, -0.05) is 30.3 Å². The first-order chi connectivity index (χ1) is 16.5. The molecule has 9 heteroatoms. The minimum atomic E-state index is -0.637. The number of anilines is 2. The van der Waals surface area contributed by atoms with Crippen LogP contribution in [0.4, 0.5) is 11.4 Å². The maximum absolute atomic E-state index is 12.5. The Kier molecular flexibility index (Phi) is 5.85. The minimum Gasteiger partial charge on any atom is -0.495 e. The monoisotopic (exact) mass is 476 g/mol. The predicted molar refractivity (Wildman–Crippen MR) is 129 cm³/mol. The molecular weight excluding hydrogens is 456 g/mol. The highest BCUT2D eigenvalue weighted by atomic mass is 32.2. The van der Waals surface area contributed by atoms with E-state index in [9.17, 15) is 14.4 Å². The molecule has 0 spiro atoms. The first-order valence-electron chi connectivity index (χ1n) is 10.5. The molecule has 1 atom stereocenters. The molecule has 1 aliphatic heterocycles. The SMILES string of the molecule is COc1cc2c(cc1NC(=O)COC(=O)C[C@H]1Sc3ccccc3NC1=O)oc1ccccc12. The van der Waals surface area contributed by atoms with Crippen molar-refractivity contribution in [3.63, 3.8) is 0 Å². The smallest absolute Gasteiger partial charge is 0.307 e. The fourth-order valence-corrected chi connectivity index (χ4v) is 4.88. The summed E-state index contributed by atoms with van der Waals surface area (Å²) in [6, 6.07) is 18.4. The van der Waals surface area contributed by atoms with E-state index < -0.39 is 23.7 Å². The van der Waals surface area contributed by atoms with Gasteiger partial charge in [0.2, 0.25) is 5.91 Å². The molecule has 0 radical (unpaired) electrons. The molecule has 4 aromatic rings. The summed E-state index contributed by atoms with van der Waals surface area (Å²) in [6.07, 6.45) is -0.146. The second-order valence-electron chi connectivity index (χ2n) is 7.65. The Bertz CT molecular complexity index is 1430. The number of hydrogen-bond acceptors (Lipinski definition) is 7.